The summed E-state index contributed by atoms with van der Waals surface area (Å²) in [5.41, 5.74) is 7.35. The first kappa shape index (κ1) is 21.1. The topological polar surface area (TPSA) is 72.2 Å². The Kier molecular flexibility index (Phi) is 6.81. The number of primary amides is 1. The molecule has 0 unspecified atom stereocenters. The van der Waals surface area contributed by atoms with Crippen molar-refractivity contribution in [3.8, 4) is 0 Å². The Morgan fingerprint density at radius 3 is 1.80 bits per heavy atom. The van der Waals surface area contributed by atoms with Gasteiger partial charge in [-0.15, -0.1) is 0 Å². The van der Waals surface area contributed by atoms with E-state index in [0.29, 0.717) is 6.42 Å². The molecule has 4 nitrogen and oxygen atoms in total. The zero-order valence-corrected chi connectivity index (χ0v) is 17.0. The van der Waals surface area contributed by atoms with E-state index in [-0.39, 0.29) is 5.91 Å². The van der Waals surface area contributed by atoms with Crippen molar-refractivity contribution in [1.29, 1.82) is 0 Å². The first-order chi connectivity index (χ1) is 14.5. The monoisotopic (exact) mass is 398 g/mol. The van der Waals surface area contributed by atoms with Crippen LogP contribution in [0.15, 0.2) is 97.1 Å². The fourth-order valence-corrected chi connectivity index (χ4v) is 3.42. The maximum atomic E-state index is 13.5. The molecule has 152 valence electrons. The molecule has 0 aliphatic heterocycles. The molecule has 0 spiro atoms. The molecule has 0 radical (unpaired) electrons. The lowest BCUT2D eigenvalue weighted by Gasteiger charge is -2.31. The standard InChI is InChI=1S/C26H26N2O2/c1-26(21-15-7-3-8-16-21,22-17-9-4-10-18-22)25(30)28-23(24(27)29)19-11-14-20-12-5-2-6-13-20/h2-18,23H,19H2,1H3,(H2,27,29)(H,28,30)/b14-11+/t23-/m0/s1. The predicted octanol–water partition coefficient (Wildman–Crippen LogP) is 4.07. The number of nitrogens with one attached hydrogen (secondary N) is 1. The fraction of sp³-hybridized carbons (Fsp3) is 0.154. The maximum Gasteiger partial charge on any atom is 0.240 e. The molecule has 3 aromatic carbocycles. The summed E-state index contributed by atoms with van der Waals surface area (Å²) in [6, 6.07) is 28.1. The van der Waals surface area contributed by atoms with Crippen molar-refractivity contribution in [1.82, 2.24) is 5.32 Å². The van der Waals surface area contributed by atoms with Crippen LogP contribution in [0.5, 0.6) is 0 Å². The first-order valence-corrected chi connectivity index (χ1v) is 9.94. The van der Waals surface area contributed by atoms with Gasteiger partial charge in [0, 0.05) is 0 Å². The molecule has 3 aromatic rings. The lowest BCUT2D eigenvalue weighted by molar-refractivity contribution is -0.129. The SMILES string of the molecule is CC(C(=O)N[C@@H](C/C=C/c1ccccc1)C(N)=O)(c1ccccc1)c1ccccc1. The van der Waals surface area contributed by atoms with Gasteiger partial charge in [-0.1, -0.05) is 103 Å². The molecule has 0 fully saturated rings. The minimum Gasteiger partial charge on any atom is -0.368 e. The third-order valence-corrected chi connectivity index (χ3v) is 5.29. The van der Waals surface area contributed by atoms with E-state index >= 15 is 0 Å². The summed E-state index contributed by atoms with van der Waals surface area (Å²) in [7, 11) is 0. The average Bonchev–Trinajstić information content (AvgIpc) is 2.79. The van der Waals surface area contributed by atoms with E-state index in [1.165, 1.54) is 0 Å². The predicted molar refractivity (Wildman–Crippen MR) is 121 cm³/mol. The lowest BCUT2D eigenvalue weighted by atomic mass is 9.75. The van der Waals surface area contributed by atoms with Crippen molar-refractivity contribution in [3.63, 3.8) is 0 Å². The zero-order chi connectivity index (χ0) is 21.4. The third kappa shape index (κ3) is 4.84. The molecule has 1 atom stereocenters. The number of benzene rings is 3. The van der Waals surface area contributed by atoms with Crippen LogP contribution in [0, 0.1) is 0 Å². The van der Waals surface area contributed by atoms with E-state index in [2.05, 4.69) is 5.32 Å². The Morgan fingerprint density at radius 1 is 0.867 bits per heavy atom. The van der Waals surface area contributed by atoms with E-state index in [9.17, 15) is 9.59 Å². The average molecular weight is 399 g/mol. The maximum absolute atomic E-state index is 13.5. The summed E-state index contributed by atoms with van der Waals surface area (Å²) < 4.78 is 0. The molecule has 0 aliphatic rings. The molecule has 3 N–H and O–H groups in total. The molecular formula is C26H26N2O2. The van der Waals surface area contributed by atoms with E-state index < -0.39 is 17.4 Å². The summed E-state index contributed by atoms with van der Waals surface area (Å²) in [4.78, 5) is 25.5. The molecule has 0 bridgehead atoms. The molecule has 3 rings (SSSR count). The first-order valence-electron chi connectivity index (χ1n) is 9.94. The number of nitrogens with two attached hydrogens (primary N) is 1. The Hall–Kier alpha value is -3.66. The van der Waals surface area contributed by atoms with Crippen molar-refractivity contribution >= 4 is 17.9 Å². The highest BCUT2D eigenvalue weighted by atomic mass is 16.2. The summed E-state index contributed by atoms with van der Waals surface area (Å²) in [5.74, 6) is -0.832. The molecule has 2 amide bonds. The van der Waals surface area contributed by atoms with Gasteiger partial charge in [0.25, 0.3) is 0 Å². The largest absolute Gasteiger partial charge is 0.368 e. The highest BCUT2D eigenvalue weighted by Gasteiger charge is 2.38. The highest BCUT2D eigenvalue weighted by Crippen LogP contribution is 2.32. The molecule has 0 aromatic heterocycles. The Balaban J connectivity index is 1.84. The van der Waals surface area contributed by atoms with Gasteiger partial charge < -0.3 is 11.1 Å². The Morgan fingerprint density at radius 2 is 1.33 bits per heavy atom. The van der Waals surface area contributed by atoms with Gasteiger partial charge in [-0.25, -0.2) is 0 Å². The minimum absolute atomic E-state index is 0.267. The van der Waals surface area contributed by atoms with E-state index in [1.54, 1.807) is 0 Å². The number of carbonyl (C=O) groups excluding carboxylic acids is 2. The second-order valence-electron chi connectivity index (χ2n) is 7.33. The van der Waals surface area contributed by atoms with Crippen LogP contribution in [0.2, 0.25) is 0 Å². The van der Waals surface area contributed by atoms with Crippen LogP contribution >= 0.6 is 0 Å². The van der Waals surface area contributed by atoms with Crippen LogP contribution < -0.4 is 11.1 Å². The summed E-state index contributed by atoms with van der Waals surface area (Å²) in [5, 5.41) is 2.88. The van der Waals surface area contributed by atoms with Crippen molar-refractivity contribution in [2.75, 3.05) is 0 Å². The quantitative estimate of drug-likeness (QED) is 0.600. The van der Waals surface area contributed by atoms with Gasteiger partial charge in [0.2, 0.25) is 11.8 Å². The van der Waals surface area contributed by atoms with Crippen LogP contribution in [0.1, 0.15) is 30.0 Å². The Bertz CT molecular complexity index is 959. The van der Waals surface area contributed by atoms with Crippen LogP contribution in [-0.4, -0.2) is 17.9 Å². The molecule has 0 heterocycles. The number of rotatable bonds is 8. The van der Waals surface area contributed by atoms with Gasteiger partial charge in [-0.3, -0.25) is 9.59 Å². The van der Waals surface area contributed by atoms with Crippen LogP contribution in [-0.2, 0) is 15.0 Å². The van der Waals surface area contributed by atoms with Crippen molar-refractivity contribution in [2.45, 2.75) is 24.8 Å². The van der Waals surface area contributed by atoms with Gasteiger partial charge in [0.1, 0.15) is 6.04 Å². The minimum atomic E-state index is -0.959. The van der Waals surface area contributed by atoms with E-state index in [4.69, 9.17) is 5.73 Å². The Labute approximate surface area is 177 Å². The van der Waals surface area contributed by atoms with E-state index in [1.807, 2.05) is 110 Å². The molecule has 30 heavy (non-hydrogen) atoms. The van der Waals surface area contributed by atoms with E-state index in [0.717, 1.165) is 16.7 Å². The third-order valence-electron chi connectivity index (χ3n) is 5.29. The zero-order valence-electron chi connectivity index (χ0n) is 17.0. The number of hydrogen-bond donors (Lipinski definition) is 2. The normalized spacial score (nSPS) is 12.4. The highest BCUT2D eigenvalue weighted by molar-refractivity contribution is 5.95. The van der Waals surface area contributed by atoms with Gasteiger partial charge in [0.15, 0.2) is 0 Å². The number of carbonyl (C=O) groups is 2. The molecule has 0 aliphatic carbocycles. The van der Waals surface area contributed by atoms with Crippen molar-refractivity contribution in [2.24, 2.45) is 5.73 Å². The van der Waals surface area contributed by atoms with Crippen LogP contribution in [0.25, 0.3) is 6.08 Å². The van der Waals surface area contributed by atoms with Gasteiger partial charge in [-0.2, -0.15) is 0 Å². The fourth-order valence-electron chi connectivity index (χ4n) is 3.42. The van der Waals surface area contributed by atoms with Crippen LogP contribution in [0.4, 0.5) is 0 Å². The van der Waals surface area contributed by atoms with Gasteiger partial charge in [0.05, 0.1) is 5.41 Å². The molecule has 0 saturated heterocycles. The second-order valence-corrected chi connectivity index (χ2v) is 7.33. The lowest BCUT2D eigenvalue weighted by Crippen LogP contribution is -2.51. The van der Waals surface area contributed by atoms with Crippen molar-refractivity contribution < 1.29 is 9.59 Å². The summed E-state index contributed by atoms with van der Waals surface area (Å²) in [6.45, 7) is 1.87. The van der Waals surface area contributed by atoms with Gasteiger partial charge >= 0.3 is 0 Å². The van der Waals surface area contributed by atoms with Gasteiger partial charge in [-0.05, 0) is 30.0 Å². The molecular weight excluding hydrogens is 372 g/mol. The van der Waals surface area contributed by atoms with Crippen LogP contribution in [0.3, 0.4) is 0 Å². The second kappa shape index (κ2) is 9.70. The summed E-state index contributed by atoms with van der Waals surface area (Å²) >= 11 is 0. The number of amides is 2. The smallest absolute Gasteiger partial charge is 0.240 e. The summed E-state index contributed by atoms with van der Waals surface area (Å²) in [6.07, 6.45) is 4.08. The molecule has 0 saturated carbocycles. The number of hydrogen-bond acceptors (Lipinski definition) is 2. The molecule has 4 heteroatoms. The van der Waals surface area contributed by atoms with Crippen molar-refractivity contribution in [3.05, 3.63) is 114 Å².